The largest absolute Gasteiger partial charge is 0.238 e. The molecule has 3 aromatic carbocycles. The normalized spacial score (nSPS) is 11.5. The summed E-state index contributed by atoms with van der Waals surface area (Å²) in [7, 11) is -3.89. The fourth-order valence-corrected chi connectivity index (χ4v) is 3.44. The van der Waals surface area contributed by atoms with Gasteiger partial charge in [0.05, 0.1) is 9.92 Å². The molecule has 0 amide bonds. The Labute approximate surface area is 144 Å². The molecule has 122 valence electrons. The predicted octanol–water partition coefficient (Wildman–Crippen LogP) is 4.46. The van der Waals surface area contributed by atoms with Crippen molar-refractivity contribution in [2.75, 3.05) is 0 Å². The van der Waals surface area contributed by atoms with Gasteiger partial charge in [-0.05, 0) is 34.9 Å². The first-order valence-corrected chi connectivity index (χ1v) is 8.97. The molecule has 0 heterocycles. The maximum Gasteiger partial charge on any atom is 0.238 e. The molecule has 0 saturated heterocycles. The highest BCUT2D eigenvalue weighted by molar-refractivity contribution is 7.89. The molecule has 0 saturated carbocycles. The van der Waals surface area contributed by atoms with E-state index in [0.29, 0.717) is 22.3 Å². The van der Waals surface area contributed by atoms with Gasteiger partial charge in [0.2, 0.25) is 10.0 Å². The van der Waals surface area contributed by atoms with Crippen molar-refractivity contribution in [3.8, 4) is 22.3 Å². The standard InChI is InChI=1S/C18H13ClFNO2S/c19-16-10-9-12(11-17(16)20)13-5-1-2-6-14(13)15-7-3-4-8-18(15)24(21,22)23/h1-11H,(H2,21,22,23). The van der Waals surface area contributed by atoms with Crippen molar-refractivity contribution in [3.05, 3.63) is 77.6 Å². The number of hydrogen-bond donors (Lipinski definition) is 1. The lowest BCUT2D eigenvalue weighted by Gasteiger charge is -2.13. The van der Waals surface area contributed by atoms with Gasteiger partial charge < -0.3 is 0 Å². The Morgan fingerprint density at radius 3 is 2.04 bits per heavy atom. The van der Waals surface area contributed by atoms with Crippen LogP contribution in [0.5, 0.6) is 0 Å². The van der Waals surface area contributed by atoms with Crippen LogP contribution in [0.1, 0.15) is 0 Å². The van der Waals surface area contributed by atoms with Crippen molar-refractivity contribution in [3.63, 3.8) is 0 Å². The van der Waals surface area contributed by atoms with Gasteiger partial charge in [0.15, 0.2) is 0 Å². The van der Waals surface area contributed by atoms with E-state index in [4.69, 9.17) is 16.7 Å². The third-order valence-electron chi connectivity index (χ3n) is 3.64. The Morgan fingerprint density at radius 1 is 0.833 bits per heavy atom. The molecule has 0 unspecified atom stereocenters. The van der Waals surface area contributed by atoms with Crippen LogP contribution in [0.2, 0.25) is 5.02 Å². The number of rotatable bonds is 3. The molecule has 2 N–H and O–H groups in total. The lowest BCUT2D eigenvalue weighted by Crippen LogP contribution is -2.13. The molecule has 6 heteroatoms. The zero-order valence-electron chi connectivity index (χ0n) is 12.4. The number of sulfonamides is 1. The summed E-state index contributed by atoms with van der Waals surface area (Å²) in [5, 5.41) is 5.35. The van der Waals surface area contributed by atoms with Crippen LogP contribution in [0, 0.1) is 5.82 Å². The number of primary sulfonamides is 1. The summed E-state index contributed by atoms with van der Waals surface area (Å²) >= 11 is 5.74. The molecule has 0 radical (unpaired) electrons. The van der Waals surface area contributed by atoms with E-state index in [0.717, 1.165) is 0 Å². The Morgan fingerprint density at radius 2 is 1.42 bits per heavy atom. The van der Waals surface area contributed by atoms with Crippen LogP contribution in [0.4, 0.5) is 4.39 Å². The van der Waals surface area contributed by atoms with E-state index in [9.17, 15) is 12.8 Å². The van der Waals surface area contributed by atoms with Gasteiger partial charge in [-0.1, -0.05) is 60.1 Å². The van der Waals surface area contributed by atoms with Crippen LogP contribution < -0.4 is 5.14 Å². The number of halogens is 2. The van der Waals surface area contributed by atoms with Crippen molar-refractivity contribution in [2.45, 2.75) is 4.90 Å². The van der Waals surface area contributed by atoms with Gasteiger partial charge in [-0.2, -0.15) is 0 Å². The smallest absolute Gasteiger partial charge is 0.225 e. The van der Waals surface area contributed by atoms with Crippen LogP contribution in [0.25, 0.3) is 22.3 Å². The summed E-state index contributed by atoms with van der Waals surface area (Å²) in [6, 6.07) is 18.1. The van der Waals surface area contributed by atoms with E-state index in [2.05, 4.69) is 0 Å². The third kappa shape index (κ3) is 3.19. The Balaban J connectivity index is 2.27. The molecule has 3 rings (SSSR count). The van der Waals surface area contributed by atoms with Gasteiger partial charge in [-0.25, -0.2) is 17.9 Å². The fourth-order valence-electron chi connectivity index (χ4n) is 2.57. The fraction of sp³-hybridized carbons (Fsp3) is 0. The summed E-state index contributed by atoms with van der Waals surface area (Å²) in [5.41, 5.74) is 2.38. The highest BCUT2D eigenvalue weighted by Gasteiger charge is 2.17. The molecule has 0 aliphatic carbocycles. The van der Waals surface area contributed by atoms with E-state index in [1.165, 1.54) is 18.2 Å². The Kier molecular flexibility index (Phi) is 4.41. The lowest BCUT2D eigenvalue weighted by atomic mass is 9.94. The minimum absolute atomic E-state index is 0.0203. The van der Waals surface area contributed by atoms with E-state index >= 15 is 0 Å². The average molecular weight is 362 g/mol. The Bertz CT molecular complexity index is 1020. The molecular formula is C18H13ClFNO2S. The molecule has 0 spiro atoms. The van der Waals surface area contributed by atoms with Crippen LogP contribution in [-0.4, -0.2) is 8.42 Å². The maximum atomic E-state index is 13.8. The van der Waals surface area contributed by atoms with Crippen molar-refractivity contribution in [1.82, 2.24) is 0 Å². The van der Waals surface area contributed by atoms with E-state index < -0.39 is 15.8 Å². The SMILES string of the molecule is NS(=O)(=O)c1ccccc1-c1ccccc1-c1ccc(Cl)c(F)c1. The number of hydrogen-bond acceptors (Lipinski definition) is 2. The highest BCUT2D eigenvalue weighted by atomic mass is 35.5. The van der Waals surface area contributed by atoms with E-state index in [1.807, 2.05) is 0 Å². The molecule has 0 aromatic heterocycles. The molecule has 0 fully saturated rings. The summed E-state index contributed by atoms with van der Waals surface area (Å²) < 4.78 is 37.6. The first-order valence-electron chi connectivity index (χ1n) is 7.04. The molecular weight excluding hydrogens is 349 g/mol. The maximum absolute atomic E-state index is 13.8. The zero-order valence-corrected chi connectivity index (χ0v) is 14.0. The van der Waals surface area contributed by atoms with Crippen LogP contribution >= 0.6 is 11.6 Å². The van der Waals surface area contributed by atoms with Crippen molar-refractivity contribution in [2.24, 2.45) is 5.14 Å². The average Bonchev–Trinajstić information content (AvgIpc) is 2.57. The summed E-state index contributed by atoms with van der Waals surface area (Å²) in [4.78, 5) is 0.0203. The minimum Gasteiger partial charge on any atom is -0.225 e. The van der Waals surface area contributed by atoms with Gasteiger partial charge in [0.1, 0.15) is 5.82 Å². The van der Waals surface area contributed by atoms with Crippen LogP contribution in [0.15, 0.2) is 71.6 Å². The molecule has 0 atom stereocenters. The zero-order chi connectivity index (χ0) is 17.3. The number of benzene rings is 3. The highest BCUT2D eigenvalue weighted by Crippen LogP contribution is 2.36. The second-order valence-electron chi connectivity index (χ2n) is 5.22. The second-order valence-corrected chi connectivity index (χ2v) is 7.15. The molecule has 0 aliphatic heterocycles. The van der Waals surface area contributed by atoms with Crippen LogP contribution in [-0.2, 0) is 10.0 Å². The van der Waals surface area contributed by atoms with Crippen molar-refractivity contribution in [1.29, 1.82) is 0 Å². The van der Waals surface area contributed by atoms with Gasteiger partial charge in [0, 0.05) is 5.56 Å². The monoisotopic (exact) mass is 361 g/mol. The minimum atomic E-state index is -3.89. The van der Waals surface area contributed by atoms with Gasteiger partial charge in [-0.15, -0.1) is 0 Å². The second kappa shape index (κ2) is 6.36. The first-order chi connectivity index (χ1) is 11.4. The quantitative estimate of drug-likeness (QED) is 0.748. The molecule has 0 aliphatic rings. The predicted molar refractivity (Wildman–Crippen MR) is 93.7 cm³/mol. The first kappa shape index (κ1) is 16.6. The van der Waals surface area contributed by atoms with Crippen LogP contribution in [0.3, 0.4) is 0 Å². The van der Waals surface area contributed by atoms with Crippen molar-refractivity contribution >= 4 is 21.6 Å². The summed E-state index contributed by atoms with van der Waals surface area (Å²) in [5.74, 6) is -0.538. The molecule has 0 bridgehead atoms. The van der Waals surface area contributed by atoms with Crippen molar-refractivity contribution < 1.29 is 12.8 Å². The lowest BCUT2D eigenvalue weighted by molar-refractivity contribution is 0.598. The van der Waals surface area contributed by atoms with Gasteiger partial charge in [0.25, 0.3) is 0 Å². The summed E-state index contributed by atoms with van der Waals surface area (Å²) in [6.45, 7) is 0. The number of nitrogens with two attached hydrogens (primary N) is 1. The van der Waals surface area contributed by atoms with E-state index in [-0.39, 0.29) is 9.92 Å². The van der Waals surface area contributed by atoms with Gasteiger partial charge >= 0.3 is 0 Å². The summed E-state index contributed by atoms with van der Waals surface area (Å²) in [6.07, 6.45) is 0. The topological polar surface area (TPSA) is 60.2 Å². The third-order valence-corrected chi connectivity index (χ3v) is 4.92. The van der Waals surface area contributed by atoms with E-state index in [1.54, 1.807) is 48.5 Å². The molecule has 3 nitrogen and oxygen atoms in total. The molecule has 24 heavy (non-hydrogen) atoms. The Hall–Kier alpha value is -2.21. The molecule has 3 aromatic rings. The van der Waals surface area contributed by atoms with Gasteiger partial charge in [-0.3, -0.25) is 0 Å².